The Hall–Kier alpha value is -1.81. The lowest BCUT2D eigenvalue weighted by Gasteiger charge is -2.28. The maximum absolute atomic E-state index is 12.8. The molecule has 0 unspecified atom stereocenters. The number of carbonyl (C=O) groups is 1. The van der Waals surface area contributed by atoms with E-state index in [1.54, 1.807) is 0 Å². The second-order valence-electron chi connectivity index (χ2n) is 8.63. The predicted octanol–water partition coefficient (Wildman–Crippen LogP) is 2.63. The van der Waals surface area contributed by atoms with E-state index < -0.39 is 0 Å². The third kappa shape index (κ3) is 2.34. The lowest BCUT2D eigenvalue weighted by molar-refractivity contribution is -0.124. The van der Waals surface area contributed by atoms with Crippen LogP contribution in [0.2, 0.25) is 0 Å². The molecule has 2 aromatic heterocycles. The summed E-state index contributed by atoms with van der Waals surface area (Å²) in [5, 5.41) is 6.70. The maximum Gasteiger partial charge on any atom is 0.224 e. The van der Waals surface area contributed by atoms with E-state index in [9.17, 15) is 4.79 Å². The Bertz CT molecular complexity index is 840. The van der Waals surface area contributed by atoms with Gasteiger partial charge < -0.3 is 15.0 Å². The van der Waals surface area contributed by atoms with Gasteiger partial charge in [0.2, 0.25) is 5.91 Å². The van der Waals surface area contributed by atoms with Crippen molar-refractivity contribution < 1.29 is 4.79 Å². The molecule has 1 saturated heterocycles. The van der Waals surface area contributed by atoms with Gasteiger partial charge in [-0.15, -0.1) is 0 Å². The molecule has 3 atom stereocenters. The zero-order valence-electron chi connectivity index (χ0n) is 15.1. The first-order valence-corrected chi connectivity index (χ1v) is 9.71. The summed E-state index contributed by atoms with van der Waals surface area (Å²) in [7, 11) is 0. The summed E-state index contributed by atoms with van der Waals surface area (Å²) in [6.07, 6.45) is 7.15. The standard InChI is InChI=1S/C21H27N3O/c1-21(2,23-20(25)19-15-11-22-12-16(15)19)18-8-7-17-14-6-4-3-5-13(14)9-10-24(17)18/h7-10,15-16,19,22H,3-6,11-12H2,1-2H3,(H,23,25)/t15-,16+,19+. The Kier molecular flexibility index (Phi) is 3.30. The second kappa shape index (κ2) is 5.34. The fourth-order valence-corrected chi connectivity index (χ4v) is 5.20. The van der Waals surface area contributed by atoms with Crippen LogP contribution in [-0.4, -0.2) is 23.4 Å². The molecular formula is C21H27N3O. The minimum Gasteiger partial charge on any atom is -0.345 e. The molecule has 1 saturated carbocycles. The molecule has 0 aromatic carbocycles. The molecule has 132 valence electrons. The van der Waals surface area contributed by atoms with Crippen molar-refractivity contribution in [3.63, 3.8) is 0 Å². The van der Waals surface area contributed by atoms with Crippen molar-refractivity contribution >= 4 is 11.4 Å². The first-order chi connectivity index (χ1) is 12.1. The molecule has 0 radical (unpaired) electrons. The van der Waals surface area contributed by atoms with Crippen LogP contribution < -0.4 is 10.6 Å². The van der Waals surface area contributed by atoms with Crippen LogP contribution in [0, 0.1) is 17.8 Å². The number of pyridine rings is 1. The number of fused-ring (bicyclic) bond motifs is 4. The van der Waals surface area contributed by atoms with E-state index in [-0.39, 0.29) is 17.4 Å². The Morgan fingerprint density at radius 1 is 1.16 bits per heavy atom. The number of aromatic nitrogens is 1. The first kappa shape index (κ1) is 15.4. The highest BCUT2D eigenvalue weighted by Crippen LogP contribution is 2.49. The van der Waals surface area contributed by atoms with Crippen molar-refractivity contribution in [2.24, 2.45) is 17.8 Å². The summed E-state index contributed by atoms with van der Waals surface area (Å²) in [5.41, 5.74) is 5.14. The van der Waals surface area contributed by atoms with Gasteiger partial charge >= 0.3 is 0 Å². The highest BCUT2D eigenvalue weighted by atomic mass is 16.2. The topological polar surface area (TPSA) is 45.5 Å². The summed E-state index contributed by atoms with van der Waals surface area (Å²) >= 11 is 0. The quantitative estimate of drug-likeness (QED) is 0.904. The van der Waals surface area contributed by atoms with E-state index in [1.165, 1.54) is 48.0 Å². The van der Waals surface area contributed by atoms with Crippen LogP contribution in [0.3, 0.4) is 0 Å². The molecular weight excluding hydrogens is 310 g/mol. The Balaban J connectivity index is 1.44. The van der Waals surface area contributed by atoms with Gasteiger partial charge in [0, 0.05) is 23.3 Å². The summed E-state index contributed by atoms with van der Waals surface area (Å²) in [5.74, 6) is 1.58. The Labute approximate surface area is 149 Å². The monoisotopic (exact) mass is 337 g/mol. The minimum absolute atomic E-state index is 0.222. The van der Waals surface area contributed by atoms with Gasteiger partial charge in [-0.2, -0.15) is 0 Å². The van der Waals surface area contributed by atoms with Crippen LogP contribution >= 0.6 is 0 Å². The minimum atomic E-state index is -0.364. The summed E-state index contributed by atoms with van der Waals surface area (Å²) in [6, 6.07) is 6.71. The molecule has 2 aromatic rings. The summed E-state index contributed by atoms with van der Waals surface area (Å²) < 4.78 is 2.29. The Morgan fingerprint density at radius 2 is 1.92 bits per heavy atom. The van der Waals surface area contributed by atoms with Gasteiger partial charge in [0.15, 0.2) is 0 Å². The van der Waals surface area contributed by atoms with Gasteiger partial charge in [-0.3, -0.25) is 4.79 Å². The van der Waals surface area contributed by atoms with Crippen molar-refractivity contribution in [2.45, 2.75) is 45.1 Å². The van der Waals surface area contributed by atoms with Gasteiger partial charge in [-0.05, 0) is 93.8 Å². The molecule has 4 nitrogen and oxygen atoms in total. The van der Waals surface area contributed by atoms with Crippen LogP contribution in [0.15, 0.2) is 24.4 Å². The molecule has 2 fully saturated rings. The van der Waals surface area contributed by atoms with E-state index in [0.29, 0.717) is 11.8 Å². The lowest BCUT2D eigenvalue weighted by atomic mass is 9.92. The third-order valence-corrected chi connectivity index (χ3v) is 6.63. The van der Waals surface area contributed by atoms with Gasteiger partial charge in [0.05, 0.1) is 5.54 Å². The van der Waals surface area contributed by atoms with Crippen molar-refractivity contribution in [2.75, 3.05) is 13.1 Å². The average molecular weight is 337 g/mol. The number of amides is 1. The van der Waals surface area contributed by atoms with Crippen LogP contribution in [0.5, 0.6) is 0 Å². The number of hydrogen-bond donors (Lipinski definition) is 2. The molecule has 2 aliphatic carbocycles. The Morgan fingerprint density at radius 3 is 2.72 bits per heavy atom. The maximum atomic E-state index is 12.8. The molecule has 4 heteroatoms. The van der Waals surface area contributed by atoms with E-state index in [0.717, 1.165) is 13.1 Å². The molecule has 0 spiro atoms. The molecule has 1 aliphatic heterocycles. The van der Waals surface area contributed by atoms with Gasteiger partial charge in [0.25, 0.3) is 0 Å². The van der Waals surface area contributed by atoms with Crippen LogP contribution in [0.1, 0.15) is 43.5 Å². The number of nitrogens with zero attached hydrogens (tertiary/aromatic N) is 1. The SMILES string of the molecule is CC(C)(NC(=O)[C@H]1[C@@H]2CNC[C@@H]21)c1ccc2c3c(ccn12)CCCC3. The van der Waals surface area contributed by atoms with Crippen LogP contribution in [-0.2, 0) is 23.2 Å². The zero-order chi connectivity index (χ0) is 17.2. The fourth-order valence-electron chi connectivity index (χ4n) is 5.20. The molecule has 2 N–H and O–H groups in total. The normalized spacial score (nSPS) is 27.8. The molecule has 3 heterocycles. The number of rotatable bonds is 3. The fraction of sp³-hybridized carbons (Fsp3) is 0.571. The second-order valence-corrected chi connectivity index (χ2v) is 8.63. The summed E-state index contributed by atoms with van der Waals surface area (Å²) in [4.78, 5) is 12.8. The van der Waals surface area contributed by atoms with E-state index in [4.69, 9.17) is 0 Å². The largest absolute Gasteiger partial charge is 0.345 e. The number of hydrogen-bond acceptors (Lipinski definition) is 2. The predicted molar refractivity (Wildman–Crippen MR) is 98.5 cm³/mol. The number of nitrogens with one attached hydrogen (secondary N) is 2. The van der Waals surface area contributed by atoms with Crippen molar-refractivity contribution in [3.8, 4) is 0 Å². The van der Waals surface area contributed by atoms with Gasteiger partial charge in [-0.1, -0.05) is 0 Å². The average Bonchev–Trinajstić information content (AvgIpc) is 2.97. The molecule has 1 amide bonds. The van der Waals surface area contributed by atoms with Gasteiger partial charge in [-0.25, -0.2) is 0 Å². The van der Waals surface area contributed by atoms with Crippen LogP contribution in [0.4, 0.5) is 0 Å². The number of piperidine rings is 1. The van der Waals surface area contributed by atoms with Crippen molar-refractivity contribution in [1.29, 1.82) is 0 Å². The molecule has 5 rings (SSSR count). The number of aryl methyl sites for hydroxylation is 2. The van der Waals surface area contributed by atoms with Crippen molar-refractivity contribution in [1.82, 2.24) is 15.0 Å². The highest BCUT2D eigenvalue weighted by Gasteiger charge is 2.57. The molecule has 0 bridgehead atoms. The van der Waals surface area contributed by atoms with E-state index in [1.807, 2.05) is 0 Å². The summed E-state index contributed by atoms with van der Waals surface area (Å²) in [6.45, 7) is 6.26. The highest BCUT2D eigenvalue weighted by molar-refractivity contribution is 5.83. The van der Waals surface area contributed by atoms with Crippen molar-refractivity contribution in [3.05, 3.63) is 41.2 Å². The first-order valence-electron chi connectivity index (χ1n) is 9.71. The third-order valence-electron chi connectivity index (χ3n) is 6.63. The molecule has 25 heavy (non-hydrogen) atoms. The smallest absolute Gasteiger partial charge is 0.224 e. The van der Waals surface area contributed by atoms with E-state index >= 15 is 0 Å². The number of carbonyl (C=O) groups excluding carboxylic acids is 1. The van der Waals surface area contributed by atoms with Gasteiger partial charge in [0.1, 0.15) is 0 Å². The zero-order valence-corrected chi connectivity index (χ0v) is 15.1. The van der Waals surface area contributed by atoms with E-state index in [2.05, 4.69) is 53.3 Å². The lowest BCUT2D eigenvalue weighted by Crippen LogP contribution is -2.43. The molecule has 3 aliphatic rings. The van der Waals surface area contributed by atoms with Crippen LogP contribution in [0.25, 0.3) is 5.52 Å².